The molecule has 0 amide bonds. The van der Waals surface area contributed by atoms with Crippen LogP contribution in [0.1, 0.15) is 40.2 Å². The van der Waals surface area contributed by atoms with E-state index in [-0.39, 0.29) is 12.2 Å². The van der Waals surface area contributed by atoms with Crippen molar-refractivity contribution in [1.82, 2.24) is 20.0 Å². The molecule has 2 heterocycles. The summed E-state index contributed by atoms with van der Waals surface area (Å²) in [7, 11) is 0. The van der Waals surface area contributed by atoms with Gasteiger partial charge in [0, 0.05) is 11.9 Å². The van der Waals surface area contributed by atoms with Crippen LogP contribution in [0.4, 0.5) is 0 Å². The molecule has 0 unspecified atom stereocenters. The van der Waals surface area contributed by atoms with Gasteiger partial charge in [-0.3, -0.25) is 0 Å². The van der Waals surface area contributed by atoms with Crippen LogP contribution in [0.5, 0.6) is 0 Å². The first-order valence-corrected chi connectivity index (χ1v) is 6.82. The summed E-state index contributed by atoms with van der Waals surface area (Å²) in [5.41, 5.74) is 6.73. The number of aromatic carboxylic acids is 1. The summed E-state index contributed by atoms with van der Waals surface area (Å²) in [4.78, 5) is 15.4. The molecule has 0 bridgehead atoms. The number of nitrogens with two attached hydrogens (primary N) is 1. The van der Waals surface area contributed by atoms with Crippen molar-refractivity contribution in [3.63, 3.8) is 0 Å². The van der Waals surface area contributed by atoms with Crippen molar-refractivity contribution in [3.05, 3.63) is 27.5 Å². The van der Waals surface area contributed by atoms with Crippen molar-refractivity contribution in [3.8, 4) is 0 Å². The smallest absolute Gasteiger partial charge is 0.358 e. The molecule has 3 N–H and O–H groups in total. The number of rotatable bonds is 6. The Balaban J connectivity index is 2.20. The number of carbonyl (C=O) groups is 1. The molecule has 0 spiro atoms. The topological polar surface area (TPSA) is 107 Å². The molecule has 102 valence electrons. The minimum Gasteiger partial charge on any atom is -0.476 e. The van der Waals surface area contributed by atoms with Crippen molar-refractivity contribution in [1.29, 1.82) is 0 Å². The standard InChI is InChI=1S/C11H15N5O2S/c1-2-3-9-13-7(6-19-9)5-16-8(4-12)10(11(17)18)14-15-16/h6H,2-5,12H2,1H3,(H,17,18). The Kier molecular flexibility index (Phi) is 4.23. The third-order valence-electron chi connectivity index (χ3n) is 2.61. The average molecular weight is 281 g/mol. The van der Waals surface area contributed by atoms with Crippen molar-refractivity contribution in [2.45, 2.75) is 32.9 Å². The summed E-state index contributed by atoms with van der Waals surface area (Å²) in [6, 6.07) is 0. The fraction of sp³-hybridized carbons (Fsp3) is 0.455. The summed E-state index contributed by atoms with van der Waals surface area (Å²) in [6.07, 6.45) is 2.00. The van der Waals surface area contributed by atoms with E-state index in [1.54, 1.807) is 11.3 Å². The first-order valence-electron chi connectivity index (χ1n) is 5.94. The number of carboxylic acids is 1. The average Bonchev–Trinajstić information content (AvgIpc) is 2.97. The largest absolute Gasteiger partial charge is 0.476 e. The Morgan fingerprint density at radius 3 is 3.00 bits per heavy atom. The van der Waals surface area contributed by atoms with Gasteiger partial charge in [0.25, 0.3) is 0 Å². The van der Waals surface area contributed by atoms with Crippen LogP contribution in [-0.2, 0) is 19.5 Å². The number of aryl methyl sites for hydroxylation is 1. The number of hydrogen-bond donors (Lipinski definition) is 2. The van der Waals surface area contributed by atoms with Crippen LogP contribution in [-0.4, -0.2) is 31.1 Å². The van der Waals surface area contributed by atoms with E-state index >= 15 is 0 Å². The lowest BCUT2D eigenvalue weighted by Gasteiger charge is -2.02. The highest BCUT2D eigenvalue weighted by atomic mass is 32.1. The molecular weight excluding hydrogens is 266 g/mol. The second-order valence-electron chi connectivity index (χ2n) is 4.03. The van der Waals surface area contributed by atoms with Gasteiger partial charge in [0.05, 0.1) is 22.9 Å². The Bertz CT molecular complexity index is 577. The predicted molar refractivity (Wildman–Crippen MR) is 70.1 cm³/mol. The Morgan fingerprint density at radius 2 is 2.37 bits per heavy atom. The summed E-state index contributed by atoms with van der Waals surface area (Å²) in [5.74, 6) is -1.11. The van der Waals surface area contributed by atoms with Crippen molar-refractivity contribution >= 4 is 17.3 Å². The Morgan fingerprint density at radius 1 is 1.58 bits per heavy atom. The zero-order valence-electron chi connectivity index (χ0n) is 10.5. The third kappa shape index (κ3) is 2.96. The normalized spacial score (nSPS) is 10.8. The maximum absolute atomic E-state index is 11.0. The van der Waals surface area contributed by atoms with Crippen molar-refractivity contribution < 1.29 is 9.90 Å². The minimum atomic E-state index is -1.11. The van der Waals surface area contributed by atoms with Gasteiger partial charge in [-0.05, 0) is 12.8 Å². The van der Waals surface area contributed by atoms with Crippen molar-refractivity contribution in [2.75, 3.05) is 0 Å². The number of thiazole rings is 1. The van der Waals surface area contributed by atoms with Crippen LogP contribution in [0.3, 0.4) is 0 Å². The molecule has 8 heteroatoms. The zero-order chi connectivity index (χ0) is 13.8. The van der Waals surface area contributed by atoms with E-state index in [0.717, 1.165) is 23.5 Å². The molecule has 0 fully saturated rings. The second kappa shape index (κ2) is 5.89. The highest BCUT2D eigenvalue weighted by Crippen LogP contribution is 2.14. The van der Waals surface area contributed by atoms with Gasteiger partial charge in [0.2, 0.25) is 0 Å². The van der Waals surface area contributed by atoms with E-state index < -0.39 is 5.97 Å². The van der Waals surface area contributed by atoms with E-state index in [2.05, 4.69) is 22.2 Å². The highest BCUT2D eigenvalue weighted by molar-refractivity contribution is 7.09. The lowest BCUT2D eigenvalue weighted by Crippen LogP contribution is -2.13. The molecule has 19 heavy (non-hydrogen) atoms. The fourth-order valence-corrected chi connectivity index (χ4v) is 2.62. The molecule has 0 atom stereocenters. The molecule has 2 rings (SSSR count). The van der Waals surface area contributed by atoms with Crippen LogP contribution in [0.25, 0.3) is 0 Å². The van der Waals surface area contributed by atoms with E-state index in [1.165, 1.54) is 4.68 Å². The predicted octanol–water partition coefficient (Wildman–Crippen LogP) is 0.892. The van der Waals surface area contributed by atoms with Gasteiger partial charge in [0.15, 0.2) is 5.69 Å². The molecule has 0 aliphatic rings. The molecule has 7 nitrogen and oxygen atoms in total. The van der Waals surface area contributed by atoms with Gasteiger partial charge >= 0.3 is 5.97 Å². The number of aromatic nitrogens is 4. The third-order valence-corrected chi connectivity index (χ3v) is 3.57. The van der Waals surface area contributed by atoms with Crippen LogP contribution in [0.2, 0.25) is 0 Å². The van der Waals surface area contributed by atoms with E-state index in [4.69, 9.17) is 10.8 Å². The summed E-state index contributed by atoms with van der Waals surface area (Å²) in [6.45, 7) is 2.58. The monoisotopic (exact) mass is 281 g/mol. The van der Waals surface area contributed by atoms with Gasteiger partial charge in [-0.2, -0.15) is 0 Å². The van der Waals surface area contributed by atoms with Gasteiger partial charge in [0.1, 0.15) is 0 Å². The molecule has 0 radical (unpaired) electrons. The van der Waals surface area contributed by atoms with Gasteiger partial charge in [-0.1, -0.05) is 12.1 Å². The molecule has 0 aromatic carbocycles. The summed E-state index contributed by atoms with van der Waals surface area (Å²) >= 11 is 1.60. The molecule has 0 saturated heterocycles. The molecule has 0 saturated carbocycles. The summed E-state index contributed by atoms with van der Waals surface area (Å²) < 4.78 is 1.49. The minimum absolute atomic E-state index is 0.0839. The van der Waals surface area contributed by atoms with Crippen molar-refractivity contribution in [2.24, 2.45) is 5.73 Å². The van der Waals surface area contributed by atoms with Crippen LogP contribution in [0, 0.1) is 0 Å². The maximum atomic E-state index is 11.0. The van der Waals surface area contributed by atoms with Gasteiger partial charge < -0.3 is 10.8 Å². The van der Waals surface area contributed by atoms with Gasteiger partial charge in [-0.25, -0.2) is 14.5 Å². The van der Waals surface area contributed by atoms with Crippen LogP contribution >= 0.6 is 11.3 Å². The molecule has 0 aliphatic heterocycles. The zero-order valence-corrected chi connectivity index (χ0v) is 11.4. The quantitative estimate of drug-likeness (QED) is 0.814. The highest BCUT2D eigenvalue weighted by Gasteiger charge is 2.18. The van der Waals surface area contributed by atoms with Crippen LogP contribution in [0.15, 0.2) is 5.38 Å². The van der Waals surface area contributed by atoms with Crippen LogP contribution < -0.4 is 5.73 Å². The van der Waals surface area contributed by atoms with Gasteiger partial charge in [-0.15, -0.1) is 16.4 Å². The molecule has 2 aromatic rings. The van der Waals surface area contributed by atoms with E-state index in [1.807, 2.05) is 5.38 Å². The molecule has 0 aliphatic carbocycles. The van der Waals surface area contributed by atoms with E-state index in [0.29, 0.717) is 12.2 Å². The number of nitrogens with zero attached hydrogens (tertiary/aromatic N) is 4. The maximum Gasteiger partial charge on any atom is 0.358 e. The fourth-order valence-electron chi connectivity index (χ4n) is 1.73. The molecule has 2 aromatic heterocycles. The second-order valence-corrected chi connectivity index (χ2v) is 4.98. The molecular formula is C11H15N5O2S. The first kappa shape index (κ1) is 13.6. The number of carboxylic acid groups (broad SMARTS) is 1. The first-order chi connectivity index (χ1) is 9.15. The number of hydrogen-bond acceptors (Lipinski definition) is 6. The van der Waals surface area contributed by atoms with E-state index in [9.17, 15) is 4.79 Å². The Labute approximate surface area is 114 Å². The SMILES string of the molecule is CCCc1nc(Cn2nnc(C(=O)O)c2CN)cs1. The summed E-state index contributed by atoms with van der Waals surface area (Å²) in [5, 5.41) is 19.5. The lowest BCUT2D eigenvalue weighted by molar-refractivity contribution is 0.0689. The Hall–Kier alpha value is -1.80. The lowest BCUT2D eigenvalue weighted by atomic mass is 10.3.